The van der Waals surface area contributed by atoms with Gasteiger partial charge in [-0.15, -0.1) is 0 Å². The first-order valence-corrected chi connectivity index (χ1v) is 11.0. The van der Waals surface area contributed by atoms with Crippen molar-refractivity contribution in [1.82, 2.24) is 14.4 Å². The average Bonchev–Trinajstić information content (AvgIpc) is 3.09. The Bertz CT molecular complexity index is 1280. The van der Waals surface area contributed by atoms with Gasteiger partial charge in [0.05, 0.1) is 0 Å². The van der Waals surface area contributed by atoms with Crippen LogP contribution in [-0.4, -0.2) is 19.9 Å². The van der Waals surface area contributed by atoms with E-state index in [1.54, 1.807) is 6.20 Å². The van der Waals surface area contributed by atoms with Crippen LogP contribution >= 0.6 is 0 Å². The van der Waals surface area contributed by atoms with Gasteiger partial charge in [0, 0.05) is 29.1 Å². The van der Waals surface area contributed by atoms with Crippen LogP contribution in [0.5, 0.6) is 0 Å². The van der Waals surface area contributed by atoms with E-state index in [0.29, 0.717) is 0 Å². The quantitative estimate of drug-likeness (QED) is 0.386. The lowest BCUT2D eigenvalue weighted by Gasteiger charge is -2.34. The summed E-state index contributed by atoms with van der Waals surface area (Å²) < 4.78 is 2.13. The number of aromatic nitrogens is 3. The molecule has 0 amide bonds. The molecule has 0 spiro atoms. The van der Waals surface area contributed by atoms with E-state index in [-0.39, 0.29) is 11.0 Å². The summed E-state index contributed by atoms with van der Waals surface area (Å²) in [5.41, 5.74) is 4.69. The maximum Gasteiger partial charge on any atom is 0.139 e. The third kappa shape index (κ3) is 5.18. The van der Waals surface area contributed by atoms with Crippen LogP contribution in [0.25, 0.3) is 16.9 Å². The van der Waals surface area contributed by atoms with E-state index in [1.807, 2.05) is 48.5 Å². The summed E-state index contributed by atoms with van der Waals surface area (Å²) in [5, 5.41) is 3.80. The largest absolute Gasteiger partial charge is 0.364 e. The lowest BCUT2D eigenvalue weighted by molar-refractivity contribution is 0.302. The number of rotatable bonds is 4. The number of hydrogen-bond donors (Lipinski definition) is 1. The topological polar surface area (TPSA) is 42.2 Å². The van der Waals surface area contributed by atoms with Crippen molar-refractivity contribution >= 4 is 11.5 Å². The van der Waals surface area contributed by atoms with Crippen LogP contribution in [0.4, 0.5) is 5.82 Å². The number of nitrogens with zero attached hydrogens (tertiary/aromatic N) is 3. The molecule has 0 radical (unpaired) electrons. The molecule has 0 aliphatic carbocycles. The highest BCUT2D eigenvalue weighted by atomic mass is 15.2. The minimum atomic E-state index is -0.102. The van der Waals surface area contributed by atoms with Crippen molar-refractivity contribution in [3.05, 3.63) is 84.3 Å². The third-order valence-electron chi connectivity index (χ3n) is 5.09. The van der Waals surface area contributed by atoms with E-state index in [2.05, 4.69) is 79.5 Å². The molecule has 0 saturated heterocycles. The minimum Gasteiger partial charge on any atom is -0.364 e. The van der Waals surface area contributed by atoms with Crippen molar-refractivity contribution in [3.63, 3.8) is 0 Å². The summed E-state index contributed by atoms with van der Waals surface area (Å²) >= 11 is 0. The molecular formula is C28H30N4. The number of imidazole rings is 1. The molecule has 0 fully saturated rings. The molecule has 32 heavy (non-hydrogen) atoms. The Morgan fingerprint density at radius 1 is 0.906 bits per heavy atom. The van der Waals surface area contributed by atoms with Gasteiger partial charge in [-0.2, -0.15) is 0 Å². The monoisotopic (exact) mass is 422 g/mol. The van der Waals surface area contributed by atoms with Crippen LogP contribution < -0.4 is 5.32 Å². The van der Waals surface area contributed by atoms with E-state index in [0.717, 1.165) is 40.4 Å². The normalized spacial score (nSPS) is 11.8. The Balaban J connectivity index is 1.75. The van der Waals surface area contributed by atoms with Crippen molar-refractivity contribution in [2.75, 3.05) is 5.32 Å². The first kappa shape index (κ1) is 21.6. The molecule has 0 atom stereocenters. The van der Waals surface area contributed by atoms with Gasteiger partial charge >= 0.3 is 0 Å². The highest BCUT2D eigenvalue weighted by Crippen LogP contribution is 2.35. The molecule has 3 aromatic heterocycles. The molecule has 4 heteroatoms. The smallest absolute Gasteiger partial charge is 0.139 e. The molecule has 162 valence electrons. The molecule has 4 aromatic rings. The van der Waals surface area contributed by atoms with Crippen LogP contribution in [0.15, 0.2) is 73.1 Å². The second-order valence-corrected chi connectivity index (χ2v) is 10.0. The zero-order valence-electron chi connectivity index (χ0n) is 19.5. The standard InChI is InChI=1S/C28H30N4/c1-27(2,3)20-28(4,5)31-26-25(30-24-14-7-9-18-32(24)26)22-12-10-11-21(19-22)15-16-23-13-6-8-17-29-23/h6-14,17-19,31H,20H2,1-5H3. The van der Waals surface area contributed by atoms with Crippen molar-refractivity contribution < 1.29 is 0 Å². The van der Waals surface area contributed by atoms with E-state index in [1.165, 1.54) is 0 Å². The molecular weight excluding hydrogens is 392 g/mol. The third-order valence-corrected chi connectivity index (χ3v) is 5.09. The van der Waals surface area contributed by atoms with Crippen molar-refractivity contribution in [2.24, 2.45) is 5.41 Å². The Morgan fingerprint density at radius 2 is 1.72 bits per heavy atom. The van der Waals surface area contributed by atoms with Gasteiger partial charge in [-0.3, -0.25) is 4.40 Å². The maximum atomic E-state index is 4.96. The summed E-state index contributed by atoms with van der Waals surface area (Å²) in [6.07, 6.45) is 4.84. The average molecular weight is 423 g/mol. The number of benzene rings is 1. The van der Waals surface area contributed by atoms with Gasteiger partial charge in [-0.25, -0.2) is 9.97 Å². The lowest BCUT2D eigenvalue weighted by atomic mass is 9.82. The number of pyridine rings is 2. The first-order valence-electron chi connectivity index (χ1n) is 11.0. The second-order valence-electron chi connectivity index (χ2n) is 10.0. The van der Waals surface area contributed by atoms with Gasteiger partial charge in [-0.1, -0.05) is 51.0 Å². The number of fused-ring (bicyclic) bond motifs is 1. The molecule has 1 aromatic carbocycles. The summed E-state index contributed by atoms with van der Waals surface area (Å²) in [7, 11) is 0. The van der Waals surface area contributed by atoms with Crippen molar-refractivity contribution in [3.8, 4) is 23.1 Å². The Labute approximate surface area is 190 Å². The van der Waals surface area contributed by atoms with Gasteiger partial charge in [0.15, 0.2) is 0 Å². The summed E-state index contributed by atoms with van der Waals surface area (Å²) in [5.74, 6) is 7.38. The van der Waals surface area contributed by atoms with Crippen LogP contribution in [0.1, 0.15) is 52.3 Å². The minimum absolute atomic E-state index is 0.102. The van der Waals surface area contributed by atoms with Gasteiger partial charge < -0.3 is 5.32 Å². The summed E-state index contributed by atoms with van der Waals surface area (Å²) in [6.45, 7) is 11.3. The molecule has 0 aliphatic heterocycles. The lowest BCUT2D eigenvalue weighted by Crippen LogP contribution is -2.36. The molecule has 0 bridgehead atoms. The highest BCUT2D eigenvalue weighted by Gasteiger charge is 2.28. The molecule has 1 N–H and O–H groups in total. The second kappa shape index (κ2) is 8.51. The predicted molar refractivity (Wildman–Crippen MR) is 133 cm³/mol. The van der Waals surface area contributed by atoms with Crippen LogP contribution in [0.3, 0.4) is 0 Å². The van der Waals surface area contributed by atoms with Gasteiger partial charge in [0.1, 0.15) is 22.9 Å². The fourth-order valence-corrected chi connectivity index (χ4v) is 4.32. The first-order chi connectivity index (χ1) is 15.2. The molecule has 4 rings (SSSR count). The summed E-state index contributed by atoms with van der Waals surface area (Å²) in [4.78, 5) is 9.25. The molecule has 0 saturated carbocycles. The van der Waals surface area contributed by atoms with Gasteiger partial charge in [-0.05, 0) is 68.0 Å². The Kier molecular flexibility index (Phi) is 5.76. The van der Waals surface area contributed by atoms with Crippen molar-refractivity contribution in [2.45, 2.75) is 46.6 Å². The zero-order valence-corrected chi connectivity index (χ0v) is 19.5. The molecule has 3 heterocycles. The number of nitrogens with one attached hydrogen (secondary N) is 1. The zero-order chi connectivity index (χ0) is 22.8. The predicted octanol–water partition coefficient (Wildman–Crippen LogP) is 6.42. The van der Waals surface area contributed by atoms with E-state index in [9.17, 15) is 0 Å². The van der Waals surface area contributed by atoms with Crippen LogP contribution in [0.2, 0.25) is 0 Å². The van der Waals surface area contributed by atoms with Gasteiger partial charge in [0.2, 0.25) is 0 Å². The summed E-state index contributed by atoms with van der Waals surface area (Å²) in [6, 6.07) is 20.1. The van der Waals surface area contributed by atoms with E-state index < -0.39 is 0 Å². The Hall–Kier alpha value is -3.58. The Morgan fingerprint density at radius 3 is 2.47 bits per heavy atom. The number of anilines is 1. The molecule has 0 unspecified atom stereocenters. The highest BCUT2D eigenvalue weighted by molar-refractivity contribution is 5.77. The van der Waals surface area contributed by atoms with Crippen LogP contribution in [-0.2, 0) is 0 Å². The van der Waals surface area contributed by atoms with Gasteiger partial charge in [0.25, 0.3) is 0 Å². The SMILES string of the molecule is CC(C)(C)CC(C)(C)Nc1c(-c2cccc(C#Cc3ccccn3)c2)nc2ccccn12. The van der Waals surface area contributed by atoms with E-state index >= 15 is 0 Å². The number of hydrogen-bond acceptors (Lipinski definition) is 3. The maximum absolute atomic E-state index is 4.96. The van der Waals surface area contributed by atoms with E-state index in [4.69, 9.17) is 4.98 Å². The van der Waals surface area contributed by atoms with Crippen molar-refractivity contribution in [1.29, 1.82) is 0 Å². The fourth-order valence-electron chi connectivity index (χ4n) is 4.32. The molecule has 0 aliphatic rings. The molecule has 4 nitrogen and oxygen atoms in total. The fraction of sp³-hybridized carbons (Fsp3) is 0.286. The van der Waals surface area contributed by atoms with Crippen LogP contribution in [0, 0.1) is 17.3 Å².